The van der Waals surface area contributed by atoms with Crippen LogP contribution in [0.1, 0.15) is 44.0 Å². The summed E-state index contributed by atoms with van der Waals surface area (Å²) in [5.74, 6) is -0.608. The molecule has 228 valence electrons. The van der Waals surface area contributed by atoms with Crippen molar-refractivity contribution in [3.8, 4) is 10.8 Å². The Bertz CT molecular complexity index is 1660. The Hall–Kier alpha value is -3.46. The zero-order chi connectivity index (χ0) is 30.0. The highest BCUT2D eigenvalue weighted by Gasteiger charge is 2.30. The quantitative estimate of drug-likeness (QED) is 0.273. The summed E-state index contributed by atoms with van der Waals surface area (Å²) >= 11 is 1.20. The Morgan fingerprint density at radius 1 is 1.24 bits per heavy atom. The molecule has 0 saturated heterocycles. The van der Waals surface area contributed by atoms with Crippen molar-refractivity contribution in [3.05, 3.63) is 74.4 Å². The predicted molar refractivity (Wildman–Crippen MR) is 164 cm³/mol. The fourth-order valence-corrected chi connectivity index (χ4v) is 5.93. The van der Waals surface area contributed by atoms with E-state index in [9.17, 15) is 23.9 Å². The number of likely N-dealkylation sites (N-methyl/N-ethyl adjacent to an activating group) is 1. The summed E-state index contributed by atoms with van der Waals surface area (Å²) in [7, 11) is 3.05. The van der Waals surface area contributed by atoms with Crippen LogP contribution in [-0.4, -0.2) is 68.2 Å². The number of methoxy groups -OCH3 is 1. The number of fused-ring (bicyclic) bond motifs is 1. The highest BCUT2D eigenvalue weighted by Crippen LogP contribution is 2.34. The number of thiophene rings is 1. The molecule has 42 heavy (non-hydrogen) atoms. The first-order valence-electron chi connectivity index (χ1n) is 13.1. The van der Waals surface area contributed by atoms with Gasteiger partial charge in [0.2, 0.25) is 5.91 Å². The van der Waals surface area contributed by atoms with E-state index < -0.39 is 35.1 Å². The molecular weight excluding hydrogens is 585 g/mol. The third kappa shape index (κ3) is 6.16. The maximum absolute atomic E-state index is 14.4. The lowest BCUT2D eigenvalue weighted by molar-refractivity contribution is -0.134. The van der Waals surface area contributed by atoms with E-state index in [1.807, 2.05) is 13.8 Å². The Labute approximate surface area is 253 Å². The molecule has 14 heteroatoms. The Morgan fingerprint density at radius 3 is 2.55 bits per heavy atom. The predicted octanol–water partition coefficient (Wildman–Crippen LogP) is 3.16. The highest BCUT2D eigenvalue weighted by atomic mass is 32.1. The van der Waals surface area contributed by atoms with Gasteiger partial charge in [-0.2, -0.15) is 18.6 Å². The van der Waals surface area contributed by atoms with Gasteiger partial charge >= 0.3 is 5.69 Å². The molecule has 11 nitrogen and oxygen atoms in total. The summed E-state index contributed by atoms with van der Waals surface area (Å²) in [6.45, 7) is 6.39. The average molecular weight is 622 g/mol. The van der Waals surface area contributed by atoms with Gasteiger partial charge in [-0.15, -0.1) is 0 Å². The molecule has 0 saturated carbocycles. The standard InChI is InChI=1S/C28H34FN5O6S.H2S/c1-16(2)31(5)24(36)18(4)34-25(37)23-17(3)26(33-11-7-10-30-33)41-27(23)32(28(34)38)15-22(40-13-12-35)20-14-19(29)8-9-21(20)39-6;/h7-11,14,16,18,22,35H,12-13,15H2,1-6H3;1H2/t18-,22-;/m0./s1. The van der Waals surface area contributed by atoms with Crippen LogP contribution >= 0.6 is 24.8 Å². The molecule has 1 N–H and O–H groups in total. The number of carbonyl (C=O) groups excluding carboxylic acids is 1. The maximum Gasteiger partial charge on any atom is 0.332 e. The van der Waals surface area contributed by atoms with Crippen molar-refractivity contribution >= 4 is 41.0 Å². The van der Waals surface area contributed by atoms with Crippen molar-refractivity contribution in [2.45, 2.75) is 52.4 Å². The van der Waals surface area contributed by atoms with Crippen molar-refractivity contribution in [3.63, 3.8) is 0 Å². The number of aromatic nitrogens is 4. The lowest BCUT2D eigenvalue weighted by atomic mass is 10.1. The van der Waals surface area contributed by atoms with E-state index in [0.29, 0.717) is 26.7 Å². The van der Waals surface area contributed by atoms with Gasteiger partial charge in [-0.05, 0) is 52.0 Å². The zero-order valence-corrected chi connectivity index (χ0v) is 26.1. The van der Waals surface area contributed by atoms with Gasteiger partial charge in [-0.25, -0.2) is 18.4 Å². The molecule has 2 atom stereocenters. The molecule has 0 unspecified atom stereocenters. The number of hydrogen-bond acceptors (Lipinski definition) is 8. The number of amides is 1. The van der Waals surface area contributed by atoms with Crippen LogP contribution in [0.3, 0.4) is 0 Å². The molecule has 1 aromatic carbocycles. The van der Waals surface area contributed by atoms with E-state index in [-0.39, 0.29) is 44.7 Å². The average Bonchev–Trinajstić information content (AvgIpc) is 3.60. The third-order valence-corrected chi connectivity index (χ3v) is 8.40. The largest absolute Gasteiger partial charge is 0.496 e. The minimum absolute atomic E-state index is 0. The molecular formula is C28H36FN5O6S2. The highest BCUT2D eigenvalue weighted by molar-refractivity contribution is 7.59. The van der Waals surface area contributed by atoms with E-state index in [1.54, 1.807) is 37.1 Å². The fraction of sp³-hybridized carbons (Fsp3) is 0.429. The summed E-state index contributed by atoms with van der Waals surface area (Å²) in [6.07, 6.45) is 2.39. The number of aryl methyl sites for hydroxylation is 1. The first-order chi connectivity index (χ1) is 19.5. The second-order valence-corrected chi connectivity index (χ2v) is 10.9. The van der Waals surface area contributed by atoms with Gasteiger partial charge in [-0.3, -0.25) is 14.2 Å². The Balaban J connectivity index is 0.00000484. The lowest BCUT2D eigenvalue weighted by Crippen LogP contribution is -2.47. The van der Waals surface area contributed by atoms with Crippen LogP contribution in [0.2, 0.25) is 0 Å². The second kappa shape index (κ2) is 13.7. The first kappa shape index (κ1) is 33.0. The van der Waals surface area contributed by atoms with E-state index in [4.69, 9.17) is 9.47 Å². The van der Waals surface area contributed by atoms with Gasteiger partial charge in [-0.1, -0.05) is 11.3 Å². The molecule has 0 aliphatic carbocycles. The molecule has 0 bridgehead atoms. The van der Waals surface area contributed by atoms with E-state index >= 15 is 0 Å². The van der Waals surface area contributed by atoms with Crippen LogP contribution in [0.5, 0.6) is 5.75 Å². The zero-order valence-electron chi connectivity index (χ0n) is 24.3. The minimum Gasteiger partial charge on any atom is -0.496 e. The molecule has 0 spiro atoms. The first-order valence-corrected chi connectivity index (χ1v) is 13.9. The minimum atomic E-state index is -1.11. The number of ether oxygens (including phenoxy) is 2. The van der Waals surface area contributed by atoms with Crippen molar-refractivity contribution in [2.24, 2.45) is 0 Å². The molecule has 0 aliphatic heterocycles. The number of halogens is 1. The molecule has 3 aromatic heterocycles. The van der Waals surface area contributed by atoms with Crippen LogP contribution in [0.15, 0.2) is 46.2 Å². The molecule has 0 aliphatic rings. The monoisotopic (exact) mass is 621 g/mol. The van der Waals surface area contributed by atoms with E-state index in [0.717, 1.165) is 4.57 Å². The summed E-state index contributed by atoms with van der Waals surface area (Å²) in [5, 5.41) is 14.7. The van der Waals surface area contributed by atoms with Gasteiger partial charge < -0.3 is 19.5 Å². The van der Waals surface area contributed by atoms with Gasteiger partial charge in [0, 0.05) is 36.6 Å². The second-order valence-electron chi connectivity index (χ2n) is 9.92. The van der Waals surface area contributed by atoms with Crippen molar-refractivity contribution in [1.82, 2.24) is 23.8 Å². The molecule has 4 rings (SSSR count). The molecule has 0 radical (unpaired) electrons. The van der Waals surface area contributed by atoms with E-state index in [1.165, 1.54) is 53.0 Å². The number of aliphatic hydroxyl groups excluding tert-OH is 1. The number of carbonyl (C=O) groups is 1. The SMILES string of the molecule is COc1ccc(F)cc1[C@H](Cn1c(=O)n([C@@H](C)C(=O)N(C)C(C)C)c(=O)c2c(C)c(-n3cccn3)sc21)OCCO.S. The summed E-state index contributed by atoms with van der Waals surface area (Å²) < 4.78 is 29.7. The molecule has 3 heterocycles. The van der Waals surface area contributed by atoms with Crippen molar-refractivity contribution < 1.29 is 23.8 Å². The Morgan fingerprint density at radius 2 is 1.95 bits per heavy atom. The number of aliphatic hydroxyl groups is 1. The smallest absolute Gasteiger partial charge is 0.332 e. The van der Waals surface area contributed by atoms with Crippen molar-refractivity contribution in [1.29, 1.82) is 0 Å². The summed E-state index contributed by atoms with van der Waals surface area (Å²) in [6, 6.07) is 4.42. The summed E-state index contributed by atoms with van der Waals surface area (Å²) in [5.41, 5.74) is -0.401. The van der Waals surface area contributed by atoms with Crippen molar-refractivity contribution in [2.75, 3.05) is 27.4 Å². The maximum atomic E-state index is 14.4. The fourth-order valence-electron chi connectivity index (χ4n) is 4.68. The number of rotatable bonds is 11. The molecule has 1 amide bonds. The van der Waals surface area contributed by atoms with Crippen LogP contribution in [-0.2, 0) is 16.1 Å². The third-order valence-electron chi connectivity index (χ3n) is 7.09. The van der Waals surface area contributed by atoms with Crippen LogP contribution in [0.25, 0.3) is 15.2 Å². The number of hydrogen-bond donors (Lipinski definition) is 1. The number of nitrogens with zero attached hydrogens (tertiary/aromatic N) is 5. The summed E-state index contributed by atoms with van der Waals surface area (Å²) in [4.78, 5) is 43.2. The van der Waals surface area contributed by atoms with Gasteiger partial charge in [0.25, 0.3) is 5.56 Å². The van der Waals surface area contributed by atoms with Crippen LogP contribution in [0.4, 0.5) is 4.39 Å². The molecule has 4 aromatic rings. The van der Waals surface area contributed by atoms with Crippen LogP contribution < -0.4 is 16.0 Å². The molecule has 0 fully saturated rings. The van der Waals surface area contributed by atoms with Crippen LogP contribution in [0, 0.1) is 12.7 Å². The topological polar surface area (TPSA) is 121 Å². The normalized spacial score (nSPS) is 12.8. The number of benzene rings is 1. The van der Waals surface area contributed by atoms with Gasteiger partial charge in [0.1, 0.15) is 33.5 Å². The van der Waals surface area contributed by atoms with Gasteiger partial charge in [0.15, 0.2) is 0 Å². The lowest BCUT2D eigenvalue weighted by Gasteiger charge is -2.27. The Kier molecular flexibility index (Phi) is 10.8. The van der Waals surface area contributed by atoms with Gasteiger partial charge in [0.05, 0.1) is 32.3 Å². The van der Waals surface area contributed by atoms with E-state index in [2.05, 4.69) is 5.10 Å².